The summed E-state index contributed by atoms with van der Waals surface area (Å²) < 4.78 is 4.79. The number of aldehydes is 1. The summed E-state index contributed by atoms with van der Waals surface area (Å²) in [6.07, 6.45) is 0.671. The van der Waals surface area contributed by atoms with Gasteiger partial charge in [-0.25, -0.2) is 4.58 Å². The van der Waals surface area contributed by atoms with E-state index in [2.05, 4.69) is 0 Å². The topological polar surface area (TPSA) is 55.8 Å². The number of benzene rings is 1. The third kappa shape index (κ3) is 3.29. The van der Waals surface area contributed by atoms with E-state index >= 15 is 0 Å². The van der Waals surface area contributed by atoms with Crippen molar-refractivity contribution >= 4 is 14.8 Å². The van der Waals surface area contributed by atoms with E-state index in [0.29, 0.717) is 17.6 Å². The highest BCUT2D eigenvalue weighted by Crippen LogP contribution is 2.17. The van der Waals surface area contributed by atoms with Crippen LogP contribution in [0.3, 0.4) is 0 Å². The Morgan fingerprint density at radius 3 is 2.57 bits per heavy atom. The number of hydrogen-bond acceptors (Lipinski definition) is 4. The van der Waals surface area contributed by atoms with Crippen LogP contribution >= 0.6 is 0 Å². The average Bonchev–Trinajstić information content (AvgIpc) is 2.14. The molecule has 14 heavy (non-hydrogen) atoms. The maximum absolute atomic E-state index is 10.6. The molecular weight excluding hydrogens is 200 g/mol. The van der Waals surface area contributed by atoms with Crippen molar-refractivity contribution in [3.8, 4) is 5.75 Å². The molecule has 1 N–H and O–H groups in total. The summed E-state index contributed by atoms with van der Waals surface area (Å²) in [4.78, 5) is 24.8. The Balaban J connectivity index is 2.71. The normalized spacial score (nSPS) is 11.1. The molecule has 0 aromatic heterocycles. The van der Waals surface area contributed by atoms with Crippen molar-refractivity contribution in [3.63, 3.8) is 0 Å². The summed E-state index contributed by atoms with van der Waals surface area (Å²) in [5.41, 5.74) is 0.394. The monoisotopic (exact) mass is 212 g/mol. The number of hydrogen-bond donors (Lipinski definition) is 1. The van der Waals surface area contributed by atoms with Crippen molar-refractivity contribution in [1.82, 2.24) is 0 Å². The second kappa shape index (κ2) is 4.36. The lowest BCUT2D eigenvalue weighted by Gasteiger charge is -2.14. The number of rotatable bonds is 4. The van der Waals surface area contributed by atoms with Gasteiger partial charge in [-0.15, -0.1) is 0 Å². The second-order valence-electron chi connectivity index (χ2n) is 3.27. The quantitative estimate of drug-likeness (QED) is 0.356. The molecule has 76 valence electrons. The first kappa shape index (κ1) is 10.9. The Bertz CT molecular complexity index is 319. The molecule has 4 nitrogen and oxygen atoms in total. The van der Waals surface area contributed by atoms with Gasteiger partial charge in [0.05, 0.1) is 5.56 Å². The summed E-state index contributed by atoms with van der Waals surface area (Å²) in [5, 5.41) is 0. The van der Waals surface area contributed by atoms with Gasteiger partial charge < -0.3 is 9.68 Å². The fourth-order valence-electron chi connectivity index (χ4n) is 0.801. The zero-order chi connectivity index (χ0) is 10.6. The molecule has 0 unspecified atom stereocenters. The van der Waals surface area contributed by atoms with Crippen LogP contribution < -0.4 is 4.89 Å². The van der Waals surface area contributed by atoms with E-state index in [1.54, 1.807) is 37.4 Å². The third-order valence-corrected chi connectivity index (χ3v) is 1.87. The Hall–Kier alpha value is -1.17. The van der Waals surface area contributed by atoms with E-state index in [1.807, 2.05) is 0 Å². The molecule has 0 spiro atoms. The van der Waals surface area contributed by atoms with Gasteiger partial charge in [0.15, 0.2) is 12.0 Å². The maximum atomic E-state index is 10.6. The highest BCUT2D eigenvalue weighted by molar-refractivity contribution is 6.62. The SMILES string of the molecule is C[Si](C)(O)OOc1ccccc1C=O. The first-order valence-electron chi connectivity index (χ1n) is 4.15. The Morgan fingerprint density at radius 2 is 2.00 bits per heavy atom. The molecule has 5 heteroatoms. The zero-order valence-corrected chi connectivity index (χ0v) is 9.06. The van der Waals surface area contributed by atoms with Crippen LogP contribution in [0.5, 0.6) is 5.75 Å². The molecular formula is C9H12O4Si. The van der Waals surface area contributed by atoms with Crippen molar-refractivity contribution in [2.24, 2.45) is 0 Å². The minimum atomic E-state index is -2.71. The fourth-order valence-corrected chi connectivity index (χ4v) is 1.09. The minimum Gasteiger partial charge on any atom is -0.409 e. The van der Waals surface area contributed by atoms with Crippen molar-refractivity contribution in [2.75, 3.05) is 0 Å². The van der Waals surface area contributed by atoms with Gasteiger partial charge in [0, 0.05) is 0 Å². The molecule has 0 aliphatic carbocycles. The van der Waals surface area contributed by atoms with Crippen molar-refractivity contribution < 1.29 is 19.1 Å². The maximum Gasteiger partial charge on any atom is 0.382 e. The molecule has 1 aromatic rings. The van der Waals surface area contributed by atoms with Gasteiger partial charge in [-0.2, -0.15) is 0 Å². The van der Waals surface area contributed by atoms with Crippen LogP contribution in [0.15, 0.2) is 24.3 Å². The highest BCUT2D eigenvalue weighted by Gasteiger charge is 2.22. The molecule has 0 amide bonds. The molecule has 0 atom stereocenters. The fraction of sp³-hybridized carbons (Fsp3) is 0.222. The minimum absolute atomic E-state index is 0.317. The van der Waals surface area contributed by atoms with E-state index in [0.717, 1.165) is 0 Å². The van der Waals surface area contributed by atoms with Crippen molar-refractivity contribution in [3.05, 3.63) is 29.8 Å². The summed E-state index contributed by atoms with van der Waals surface area (Å²) in [6.45, 7) is 3.13. The van der Waals surface area contributed by atoms with Crippen LogP contribution in [0.25, 0.3) is 0 Å². The van der Waals surface area contributed by atoms with Crippen molar-refractivity contribution in [1.29, 1.82) is 0 Å². The summed E-state index contributed by atoms with van der Waals surface area (Å²) in [7, 11) is -2.71. The molecule has 1 rings (SSSR count). The van der Waals surface area contributed by atoms with Gasteiger partial charge in [0.1, 0.15) is 0 Å². The van der Waals surface area contributed by atoms with Gasteiger partial charge in [0.25, 0.3) is 0 Å². The Kier molecular flexibility index (Phi) is 3.40. The predicted molar refractivity (Wildman–Crippen MR) is 53.2 cm³/mol. The van der Waals surface area contributed by atoms with E-state index in [1.165, 1.54) is 0 Å². The lowest BCUT2D eigenvalue weighted by Crippen LogP contribution is -2.31. The van der Waals surface area contributed by atoms with Crippen LogP contribution in [0.2, 0.25) is 13.1 Å². The average molecular weight is 212 g/mol. The van der Waals surface area contributed by atoms with Crippen LogP contribution in [-0.4, -0.2) is 19.6 Å². The Morgan fingerprint density at radius 1 is 1.36 bits per heavy atom. The van der Waals surface area contributed by atoms with E-state index < -0.39 is 8.56 Å². The summed E-state index contributed by atoms with van der Waals surface area (Å²) in [5.74, 6) is 0.317. The first-order chi connectivity index (χ1) is 6.53. The van der Waals surface area contributed by atoms with E-state index in [-0.39, 0.29) is 0 Å². The molecule has 0 aliphatic heterocycles. The van der Waals surface area contributed by atoms with Gasteiger partial charge in [-0.1, -0.05) is 12.1 Å². The van der Waals surface area contributed by atoms with E-state index in [9.17, 15) is 9.59 Å². The lowest BCUT2D eigenvalue weighted by atomic mass is 10.2. The molecule has 0 fully saturated rings. The molecule has 1 aromatic carbocycles. The highest BCUT2D eigenvalue weighted by atomic mass is 28.4. The van der Waals surface area contributed by atoms with Gasteiger partial charge >= 0.3 is 8.56 Å². The van der Waals surface area contributed by atoms with Crippen LogP contribution in [-0.2, 0) is 4.58 Å². The number of para-hydroxylation sites is 1. The first-order valence-corrected chi connectivity index (χ1v) is 7.01. The Labute approximate surface area is 83.3 Å². The molecule has 0 radical (unpaired) electrons. The smallest absolute Gasteiger partial charge is 0.382 e. The van der Waals surface area contributed by atoms with E-state index in [4.69, 9.17) is 9.46 Å². The van der Waals surface area contributed by atoms with Crippen LogP contribution in [0, 0.1) is 0 Å². The zero-order valence-electron chi connectivity index (χ0n) is 8.06. The lowest BCUT2D eigenvalue weighted by molar-refractivity contribution is -0.128. The van der Waals surface area contributed by atoms with Crippen LogP contribution in [0.1, 0.15) is 10.4 Å². The molecule has 0 bridgehead atoms. The predicted octanol–water partition coefficient (Wildman–Crippen LogP) is 1.50. The molecule has 0 aliphatic rings. The number of carbonyl (C=O) groups is 1. The van der Waals surface area contributed by atoms with Crippen molar-refractivity contribution in [2.45, 2.75) is 13.1 Å². The van der Waals surface area contributed by atoms with Crippen LogP contribution in [0.4, 0.5) is 0 Å². The summed E-state index contributed by atoms with van der Waals surface area (Å²) in [6, 6.07) is 6.65. The standard InChI is InChI=1S/C9H12O4Si/c1-14(2,11)13-12-9-6-4-3-5-8(9)7-10/h3-7,11H,1-2H3. The van der Waals surface area contributed by atoms with Gasteiger partial charge in [-0.3, -0.25) is 4.79 Å². The second-order valence-corrected chi connectivity index (χ2v) is 6.33. The van der Waals surface area contributed by atoms with Gasteiger partial charge in [-0.05, 0) is 25.2 Å². The molecule has 0 saturated heterocycles. The largest absolute Gasteiger partial charge is 0.409 e. The van der Waals surface area contributed by atoms with Gasteiger partial charge in [0.2, 0.25) is 0 Å². The molecule has 0 heterocycles. The molecule has 0 saturated carbocycles. The summed E-state index contributed by atoms with van der Waals surface area (Å²) >= 11 is 0. The number of carbonyl (C=O) groups excluding carboxylic acids is 1. The third-order valence-electron chi connectivity index (χ3n) is 1.38.